The molecule has 3 nitrogen and oxygen atoms in total. The summed E-state index contributed by atoms with van der Waals surface area (Å²) >= 11 is 0. The molecule has 1 aromatic carbocycles. The molecular weight excluding hydrogens is 188 g/mol. The Morgan fingerprint density at radius 3 is 2.67 bits per heavy atom. The fourth-order valence-electron chi connectivity index (χ4n) is 1.51. The number of nitrogens with zero attached hydrogens (tertiary/aromatic N) is 1. The molecule has 0 amide bonds. The molecule has 78 valence electrons. The molecule has 0 saturated heterocycles. The third kappa shape index (κ3) is 2.01. The molecule has 0 atom stereocenters. The Kier molecular flexibility index (Phi) is 2.46. The first-order valence-corrected chi connectivity index (χ1v) is 4.96. The van der Waals surface area contributed by atoms with Crippen molar-refractivity contribution in [2.45, 2.75) is 19.8 Å². The van der Waals surface area contributed by atoms with Gasteiger partial charge >= 0.3 is 0 Å². The van der Waals surface area contributed by atoms with Crippen LogP contribution in [0.4, 0.5) is 5.69 Å². The molecule has 0 unspecified atom stereocenters. The molecule has 0 aliphatic rings. The van der Waals surface area contributed by atoms with E-state index < -0.39 is 0 Å². The molecule has 0 aliphatic heterocycles. The predicted molar refractivity (Wildman–Crippen MR) is 60.4 cm³/mol. The molecule has 0 spiro atoms. The molecular formula is C12H14N2O. The summed E-state index contributed by atoms with van der Waals surface area (Å²) in [6.45, 7) is 4.28. The molecule has 0 aliphatic carbocycles. The van der Waals surface area contributed by atoms with E-state index >= 15 is 0 Å². The SMILES string of the molecule is CC(C)c1cc(N)cc(-c2cnco2)c1. The van der Waals surface area contributed by atoms with E-state index in [1.807, 2.05) is 12.1 Å². The van der Waals surface area contributed by atoms with Crippen LogP contribution in [0.3, 0.4) is 0 Å². The monoisotopic (exact) mass is 202 g/mol. The average Bonchev–Trinajstić information content (AvgIpc) is 2.69. The zero-order chi connectivity index (χ0) is 10.8. The highest BCUT2D eigenvalue weighted by Crippen LogP contribution is 2.26. The fourth-order valence-corrected chi connectivity index (χ4v) is 1.51. The van der Waals surface area contributed by atoms with Crippen LogP contribution in [0.1, 0.15) is 25.3 Å². The van der Waals surface area contributed by atoms with Crippen molar-refractivity contribution in [1.82, 2.24) is 4.98 Å². The smallest absolute Gasteiger partial charge is 0.181 e. The van der Waals surface area contributed by atoms with Crippen LogP contribution < -0.4 is 5.73 Å². The zero-order valence-corrected chi connectivity index (χ0v) is 8.90. The maximum absolute atomic E-state index is 5.84. The molecule has 2 aromatic rings. The Balaban J connectivity index is 2.49. The second-order valence-electron chi connectivity index (χ2n) is 3.91. The van der Waals surface area contributed by atoms with Gasteiger partial charge in [0.15, 0.2) is 12.2 Å². The lowest BCUT2D eigenvalue weighted by Gasteiger charge is -2.08. The minimum Gasteiger partial charge on any atom is -0.444 e. The summed E-state index contributed by atoms with van der Waals surface area (Å²) in [5, 5.41) is 0. The third-order valence-electron chi connectivity index (χ3n) is 2.36. The van der Waals surface area contributed by atoms with Crippen molar-refractivity contribution in [3.63, 3.8) is 0 Å². The highest BCUT2D eigenvalue weighted by atomic mass is 16.3. The normalized spacial score (nSPS) is 10.9. The van der Waals surface area contributed by atoms with Crippen molar-refractivity contribution < 1.29 is 4.42 Å². The summed E-state index contributed by atoms with van der Waals surface area (Å²) < 4.78 is 5.24. The van der Waals surface area contributed by atoms with E-state index in [4.69, 9.17) is 10.2 Å². The maximum Gasteiger partial charge on any atom is 0.181 e. The number of nitrogen functional groups attached to an aromatic ring is 1. The van der Waals surface area contributed by atoms with Crippen LogP contribution in [0.25, 0.3) is 11.3 Å². The van der Waals surface area contributed by atoms with Gasteiger partial charge in [0, 0.05) is 11.3 Å². The summed E-state index contributed by atoms with van der Waals surface area (Å²) in [6, 6.07) is 5.97. The lowest BCUT2D eigenvalue weighted by atomic mass is 9.99. The second kappa shape index (κ2) is 3.77. The van der Waals surface area contributed by atoms with Gasteiger partial charge < -0.3 is 10.2 Å². The molecule has 0 saturated carbocycles. The summed E-state index contributed by atoms with van der Waals surface area (Å²) in [4.78, 5) is 3.90. The second-order valence-corrected chi connectivity index (χ2v) is 3.91. The Morgan fingerprint density at radius 2 is 2.07 bits per heavy atom. The van der Waals surface area contributed by atoms with Crippen molar-refractivity contribution in [1.29, 1.82) is 0 Å². The van der Waals surface area contributed by atoms with Gasteiger partial charge in [-0.3, -0.25) is 0 Å². The molecule has 0 bridgehead atoms. The first-order valence-electron chi connectivity index (χ1n) is 4.96. The number of oxazole rings is 1. The first-order chi connectivity index (χ1) is 7.16. The topological polar surface area (TPSA) is 52.0 Å². The number of rotatable bonds is 2. The number of aromatic nitrogens is 1. The van der Waals surface area contributed by atoms with Gasteiger partial charge in [0.1, 0.15) is 0 Å². The predicted octanol–water partition coefficient (Wildman–Crippen LogP) is 3.05. The molecule has 0 fully saturated rings. The maximum atomic E-state index is 5.84. The van der Waals surface area contributed by atoms with E-state index in [2.05, 4.69) is 24.9 Å². The number of hydrogen-bond donors (Lipinski definition) is 1. The van der Waals surface area contributed by atoms with Crippen LogP contribution in [0.15, 0.2) is 35.2 Å². The van der Waals surface area contributed by atoms with E-state index in [1.165, 1.54) is 12.0 Å². The Hall–Kier alpha value is -1.77. The van der Waals surface area contributed by atoms with Crippen LogP contribution in [0.2, 0.25) is 0 Å². The van der Waals surface area contributed by atoms with Gasteiger partial charge in [-0.05, 0) is 29.7 Å². The van der Waals surface area contributed by atoms with Crippen molar-refractivity contribution in [2.75, 3.05) is 5.73 Å². The van der Waals surface area contributed by atoms with E-state index in [0.29, 0.717) is 5.92 Å². The number of benzene rings is 1. The van der Waals surface area contributed by atoms with Crippen LogP contribution >= 0.6 is 0 Å². The number of hydrogen-bond acceptors (Lipinski definition) is 3. The van der Waals surface area contributed by atoms with Gasteiger partial charge in [0.2, 0.25) is 0 Å². The van der Waals surface area contributed by atoms with E-state index in [-0.39, 0.29) is 0 Å². The van der Waals surface area contributed by atoms with Crippen LogP contribution in [0, 0.1) is 0 Å². The first kappa shape index (κ1) is 9.77. The Morgan fingerprint density at radius 1 is 1.27 bits per heavy atom. The molecule has 3 heteroatoms. The summed E-state index contributed by atoms with van der Waals surface area (Å²) in [5.74, 6) is 1.21. The largest absolute Gasteiger partial charge is 0.444 e. The van der Waals surface area contributed by atoms with Gasteiger partial charge in [-0.2, -0.15) is 0 Å². The van der Waals surface area contributed by atoms with Crippen molar-refractivity contribution in [3.8, 4) is 11.3 Å². The van der Waals surface area contributed by atoms with E-state index in [0.717, 1.165) is 17.0 Å². The molecule has 2 N–H and O–H groups in total. The minimum absolute atomic E-state index is 0.454. The van der Waals surface area contributed by atoms with Crippen molar-refractivity contribution in [3.05, 3.63) is 36.4 Å². The molecule has 1 heterocycles. The Labute approximate surface area is 88.9 Å². The molecule has 1 aromatic heterocycles. The standard InChI is InChI=1S/C12H14N2O/c1-8(2)9-3-10(5-11(13)4-9)12-6-14-7-15-12/h3-8H,13H2,1-2H3. The minimum atomic E-state index is 0.454. The van der Waals surface area contributed by atoms with Gasteiger partial charge in [-0.15, -0.1) is 0 Å². The van der Waals surface area contributed by atoms with Crippen LogP contribution in [-0.4, -0.2) is 4.98 Å². The van der Waals surface area contributed by atoms with E-state index in [1.54, 1.807) is 6.20 Å². The van der Waals surface area contributed by atoms with Crippen LogP contribution in [0.5, 0.6) is 0 Å². The lowest BCUT2D eigenvalue weighted by molar-refractivity contribution is 0.572. The summed E-state index contributed by atoms with van der Waals surface area (Å²) in [5.41, 5.74) is 8.79. The highest BCUT2D eigenvalue weighted by molar-refractivity contribution is 5.63. The fraction of sp³-hybridized carbons (Fsp3) is 0.250. The number of anilines is 1. The molecule has 0 radical (unpaired) electrons. The lowest BCUT2D eigenvalue weighted by Crippen LogP contribution is -1.92. The van der Waals surface area contributed by atoms with Gasteiger partial charge in [-0.1, -0.05) is 13.8 Å². The van der Waals surface area contributed by atoms with Crippen LogP contribution in [-0.2, 0) is 0 Å². The van der Waals surface area contributed by atoms with Crippen molar-refractivity contribution in [2.24, 2.45) is 0 Å². The van der Waals surface area contributed by atoms with Gasteiger partial charge in [0.25, 0.3) is 0 Å². The number of nitrogens with two attached hydrogens (primary N) is 1. The highest BCUT2D eigenvalue weighted by Gasteiger charge is 2.06. The average molecular weight is 202 g/mol. The quantitative estimate of drug-likeness (QED) is 0.761. The zero-order valence-electron chi connectivity index (χ0n) is 8.90. The van der Waals surface area contributed by atoms with Gasteiger partial charge in [-0.25, -0.2) is 4.98 Å². The molecule has 2 rings (SSSR count). The van der Waals surface area contributed by atoms with E-state index in [9.17, 15) is 0 Å². The summed E-state index contributed by atoms with van der Waals surface area (Å²) in [6.07, 6.45) is 3.12. The third-order valence-corrected chi connectivity index (χ3v) is 2.36. The molecule has 15 heavy (non-hydrogen) atoms. The summed E-state index contributed by atoms with van der Waals surface area (Å²) in [7, 11) is 0. The van der Waals surface area contributed by atoms with Crippen molar-refractivity contribution >= 4 is 5.69 Å². The Bertz CT molecular complexity index is 447. The van der Waals surface area contributed by atoms with Gasteiger partial charge in [0.05, 0.1) is 6.20 Å².